The van der Waals surface area contributed by atoms with Crippen LogP contribution in [-0.2, 0) is 11.3 Å². The van der Waals surface area contributed by atoms with Crippen LogP contribution in [-0.4, -0.2) is 40.3 Å². The molecule has 1 N–H and O–H groups in total. The summed E-state index contributed by atoms with van der Waals surface area (Å²) in [6, 6.07) is 10.5. The summed E-state index contributed by atoms with van der Waals surface area (Å²) >= 11 is 6.72. The van der Waals surface area contributed by atoms with E-state index in [1.54, 1.807) is 6.07 Å². The van der Waals surface area contributed by atoms with Gasteiger partial charge in [-0.05, 0) is 74.4 Å². The summed E-state index contributed by atoms with van der Waals surface area (Å²) in [6.07, 6.45) is 0.00137. The first-order valence-electron chi connectivity index (χ1n) is 12.1. The number of piperidine rings is 1. The third kappa shape index (κ3) is 4.74. The average molecular weight is 496 g/mol. The molecule has 2 unspecified atom stereocenters. The van der Waals surface area contributed by atoms with Crippen LogP contribution in [0, 0.1) is 11.8 Å². The van der Waals surface area contributed by atoms with Gasteiger partial charge < -0.3 is 9.84 Å². The lowest BCUT2D eigenvalue weighted by Crippen LogP contribution is -2.44. The zero-order valence-electron chi connectivity index (χ0n) is 18.9. The van der Waals surface area contributed by atoms with Crippen molar-refractivity contribution < 1.29 is 27.8 Å². The molecule has 2 aliphatic heterocycles. The molecule has 0 aromatic heterocycles. The van der Waals surface area contributed by atoms with E-state index in [0.29, 0.717) is 48.5 Å². The lowest BCUT2D eigenvalue weighted by Gasteiger charge is -2.37. The molecule has 2 saturated heterocycles. The number of fused-ring (bicyclic) bond motifs is 3. The number of nitrogens with zero attached hydrogens (tertiary/aromatic N) is 1. The Bertz CT molecular complexity index is 1050. The van der Waals surface area contributed by atoms with E-state index >= 15 is 0 Å². The molecule has 5 rings (SSSR count). The minimum absolute atomic E-state index is 0.0877. The highest BCUT2D eigenvalue weighted by Crippen LogP contribution is 2.42. The molecule has 2 atom stereocenters. The van der Waals surface area contributed by atoms with E-state index in [1.807, 2.05) is 12.1 Å². The monoisotopic (exact) mass is 495 g/mol. The molecule has 3 aliphatic rings. The molecule has 2 bridgehead atoms. The molecular formula is C26H29ClF3NO3. The van der Waals surface area contributed by atoms with Crippen LogP contribution in [0.4, 0.5) is 13.2 Å². The van der Waals surface area contributed by atoms with Crippen LogP contribution in [0.3, 0.4) is 0 Å². The molecule has 0 radical (unpaired) electrons. The van der Waals surface area contributed by atoms with Crippen molar-refractivity contribution >= 4 is 28.3 Å². The number of hydrogen-bond donors (Lipinski definition) is 1. The molecule has 1 aliphatic carbocycles. The second-order valence-corrected chi connectivity index (χ2v) is 10.5. The maximum Gasteiger partial charge on any atom is 0.391 e. The molecule has 1 saturated carbocycles. The van der Waals surface area contributed by atoms with Crippen molar-refractivity contribution in [1.82, 2.24) is 4.90 Å². The summed E-state index contributed by atoms with van der Waals surface area (Å²) in [4.78, 5) is 13.9. The SMILES string of the molecule is O=C(O)C1CC2CCC(C1)N2Cc1ccc2ccc(OC3CCC(C(F)(F)F)CC3)c(Cl)c2c1. The number of benzene rings is 2. The van der Waals surface area contributed by atoms with Gasteiger partial charge in [-0.15, -0.1) is 0 Å². The topological polar surface area (TPSA) is 49.8 Å². The number of halogens is 4. The molecule has 2 aromatic carbocycles. The predicted octanol–water partition coefficient (Wildman–Crippen LogP) is 6.82. The van der Waals surface area contributed by atoms with Gasteiger partial charge in [0.2, 0.25) is 0 Å². The van der Waals surface area contributed by atoms with Gasteiger partial charge in [0.25, 0.3) is 0 Å². The predicted molar refractivity (Wildman–Crippen MR) is 124 cm³/mol. The van der Waals surface area contributed by atoms with E-state index in [4.69, 9.17) is 16.3 Å². The van der Waals surface area contributed by atoms with Crippen LogP contribution in [0.15, 0.2) is 30.3 Å². The molecule has 8 heteroatoms. The Morgan fingerprint density at radius 1 is 1.03 bits per heavy atom. The fraction of sp³-hybridized carbons (Fsp3) is 0.577. The first kappa shape index (κ1) is 23.7. The van der Waals surface area contributed by atoms with Crippen LogP contribution < -0.4 is 4.74 Å². The van der Waals surface area contributed by atoms with Gasteiger partial charge in [0.1, 0.15) is 5.75 Å². The second kappa shape index (κ2) is 9.23. The minimum atomic E-state index is -4.13. The van der Waals surface area contributed by atoms with Crippen molar-refractivity contribution in [2.75, 3.05) is 0 Å². The number of carbonyl (C=O) groups is 1. The highest BCUT2D eigenvalue weighted by atomic mass is 35.5. The van der Waals surface area contributed by atoms with Gasteiger partial charge in [0.05, 0.1) is 23.0 Å². The Morgan fingerprint density at radius 2 is 1.68 bits per heavy atom. The summed E-state index contributed by atoms with van der Waals surface area (Å²) in [7, 11) is 0. The zero-order chi connectivity index (χ0) is 24.0. The molecule has 3 fully saturated rings. The normalized spacial score (nSPS) is 29.9. The Hall–Kier alpha value is -1.99. The zero-order valence-corrected chi connectivity index (χ0v) is 19.6. The van der Waals surface area contributed by atoms with Crippen molar-refractivity contribution in [3.05, 3.63) is 40.9 Å². The summed E-state index contributed by atoms with van der Waals surface area (Å²) in [5.41, 5.74) is 1.11. The number of alkyl halides is 3. The molecular weight excluding hydrogens is 467 g/mol. The third-order valence-corrected chi connectivity index (χ3v) is 8.40. The van der Waals surface area contributed by atoms with Crippen molar-refractivity contribution in [3.63, 3.8) is 0 Å². The summed E-state index contributed by atoms with van der Waals surface area (Å²) < 4.78 is 44.9. The van der Waals surface area contributed by atoms with E-state index in [9.17, 15) is 23.1 Å². The van der Waals surface area contributed by atoms with Gasteiger partial charge in [-0.3, -0.25) is 9.69 Å². The van der Waals surface area contributed by atoms with E-state index < -0.39 is 18.1 Å². The molecule has 2 heterocycles. The smallest absolute Gasteiger partial charge is 0.391 e. The molecule has 0 amide bonds. The fourth-order valence-corrected chi connectivity index (χ4v) is 6.40. The first-order chi connectivity index (χ1) is 16.2. The van der Waals surface area contributed by atoms with Crippen LogP contribution in [0.25, 0.3) is 10.8 Å². The Kier molecular flexibility index (Phi) is 6.44. The number of aliphatic carboxylic acids is 1. The Labute approximate surface area is 202 Å². The van der Waals surface area contributed by atoms with Crippen molar-refractivity contribution in [1.29, 1.82) is 0 Å². The summed E-state index contributed by atoms with van der Waals surface area (Å²) in [5.74, 6) is -1.65. The number of rotatable bonds is 5. The average Bonchev–Trinajstić information content (AvgIpc) is 3.02. The summed E-state index contributed by atoms with van der Waals surface area (Å²) in [5, 5.41) is 11.8. The highest BCUT2D eigenvalue weighted by molar-refractivity contribution is 6.37. The van der Waals surface area contributed by atoms with Gasteiger partial charge in [-0.25, -0.2) is 0 Å². The number of carboxylic acid groups (broad SMARTS) is 1. The number of carboxylic acids is 1. The fourth-order valence-electron chi connectivity index (χ4n) is 6.13. The first-order valence-corrected chi connectivity index (χ1v) is 12.5. The van der Waals surface area contributed by atoms with Gasteiger partial charge in [-0.1, -0.05) is 29.8 Å². The van der Waals surface area contributed by atoms with E-state index in [2.05, 4.69) is 17.0 Å². The second-order valence-electron chi connectivity index (χ2n) is 10.1. The Morgan fingerprint density at radius 3 is 2.29 bits per heavy atom. The number of ether oxygens (including phenoxy) is 1. The lowest BCUT2D eigenvalue weighted by molar-refractivity contribution is -0.185. The maximum atomic E-state index is 13.0. The van der Waals surface area contributed by atoms with Crippen LogP contribution in [0.1, 0.15) is 56.9 Å². The quantitative estimate of drug-likeness (QED) is 0.494. The minimum Gasteiger partial charge on any atom is -0.489 e. The van der Waals surface area contributed by atoms with Crippen molar-refractivity contribution in [2.45, 2.75) is 82.3 Å². The van der Waals surface area contributed by atoms with Gasteiger partial charge in [0, 0.05) is 24.0 Å². The van der Waals surface area contributed by atoms with Gasteiger partial charge in [0.15, 0.2) is 0 Å². The highest BCUT2D eigenvalue weighted by Gasteiger charge is 2.43. The van der Waals surface area contributed by atoms with Crippen LogP contribution in [0.2, 0.25) is 5.02 Å². The third-order valence-electron chi connectivity index (χ3n) is 8.01. The number of hydrogen-bond acceptors (Lipinski definition) is 3. The molecule has 184 valence electrons. The van der Waals surface area contributed by atoms with E-state index in [0.717, 1.165) is 35.7 Å². The standard InChI is InChI=1S/C26H29ClF3NO3/c27-24-22-11-15(14-31-19-6-7-20(31)13-17(12-19)25(32)33)1-2-16(22)3-10-23(24)34-21-8-4-18(5-9-21)26(28,29)30/h1-3,10-11,17-21H,4-9,12-14H2,(H,32,33). The molecule has 2 aromatic rings. The van der Waals surface area contributed by atoms with E-state index in [1.165, 1.54) is 0 Å². The van der Waals surface area contributed by atoms with Crippen molar-refractivity contribution in [3.8, 4) is 5.75 Å². The Balaban J connectivity index is 1.29. The maximum absolute atomic E-state index is 13.0. The van der Waals surface area contributed by atoms with Crippen LogP contribution >= 0.6 is 11.6 Å². The van der Waals surface area contributed by atoms with Gasteiger partial charge >= 0.3 is 12.1 Å². The van der Waals surface area contributed by atoms with E-state index in [-0.39, 0.29) is 24.9 Å². The largest absolute Gasteiger partial charge is 0.489 e. The lowest BCUT2D eigenvalue weighted by atomic mass is 9.87. The van der Waals surface area contributed by atoms with Gasteiger partial charge in [-0.2, -0.15) is 13.2 Å². The molecule has 4 nitrogen and oxygen atoms in total. The van der Waals surface area contributed by atoms with Crippen LogP contribution in [0.5, 0.6) is 5.75 Å². The van der Waals surface area contributed by atoms with Crippen molar-refractivity contribution in [2.24, 2.45) is 11.8 Å². The summed E-state index contributed by atoms with van der Waals surface area (Å²) in [6.45, 7) is 0.750. The molecule has 0 spiro atoms. The molecule has 34 heavy (non-hydrogen) atoms.